The number of nitrogens with one attached hydrogen (secondary N) is 1. The van der Waals surface area contributed by atoms with E-state index in [9.17, 15) is 5.11 Å². The van der Waals surface area contributed by atoms with Crippen LogP contribution in [0.25, 0.3) is 0 Å². The van der Waals surface area contributed by atoms with E-state index in [2.05, 4.69) is 17.4 Å². The van der Waals surface area contributed by atoms with Crippen molar-refractivity contribution in [2.45, 2.75) is 24.8 Å². The quantitative estimate of drug-likeness (QED) is 0.745. The topological polar surface area (TPSA) is 32.3 Å². The van der Waals surface area contributed by atoms with Gasteiger partial charge in [-0.1, -0.05) is 30.3 Å². The molecule has 2 heteroatoms. The molecule has 0 spiro atoms. The fourth-order valence-corrected chi connectivity index (χ4v) is 2.20. The second-order valence-corrected chi connectivity index (χ2v) is 3.99. The van der Waals surface area contributed by atoms with Crippen molar-refractivity contribution < 1.29 is 5.11 Å². The minimum absolute atomic E-state index is 0.181. The lowest BCUT2D eigenvalue weighted by Gasteiger charge is -2.37. The summed E-state index contributed by atoms with van der Waals surface area (Å²) in [7, 11) is 0. The summed E-state index contributed by atoms with van der Waals surface area (Å²) in [5.74, 6) is 0. The molecule has 1 heterocycles. The van der Waals surface area contributed by atoms with Crippen LogP contribution in [0.1, 0.15) is 24.8 Å². The van der Waals surface area contributed by atoms with E-state index in [0.717, 1.165) is 13.0 Å². The van der Waals surface area contributed by atoms with Crippen LogP contribution in [0.15, 0.2) is 30.3 Å². The van der Waals surface area contributed by atoms with Crippen LogP contribution in [0.5, 0.6) is 0 Å². The Bertz CT molecular complexity index is 278. The van der Waals surface area contributed by atoms with Crippen molar-refractivity contribution in [3.63, 3.8) is 0 Å². The van der Waals surface area contributed by atoms with Gasteiger partial charge >= 0.3 is 0 Å². The fourth-order valence-electron chi connectivity index (χ4n) is 2.20. The lowest BCUT2D eigenvalue weighted by Crippen LogP contribution is -2.48. The third kappa shape index (κ3) is 1.68. The first-order valence-corrected chi connectivity index (χ1v) is 5.29. The maximum absolute atomic E-state index is 9.53. The number of hydrogen-bond acceptors (Lipinski definition) is 2. The minimum Gasteiger partial charge on any atom is -0.394 e. The number of piperidine rings is 1. The molecule has 1 aromatic rings. The summed E-state index contributed by atoms with van der Waals surface area (Å²) in [4.78, 5) is 0. The van der Waals surface area contributed by atoms with Gasteiger partial charge in [-0.15, -0.1) is 0 Å². The van der Waals surface area contributed by atoms with Gasteiger partial charge in [-0.25, -0.2) is 0 Å². The van der Waals surface area contributed by atoms with Crippen molar-refractivity contribution in [3.8, 4) is 0 Å². The molecule has 1 fully saturated rings. The van der Waals surface area contributed by atoms with E-state index in [1.807, 2.05) is 18.2 Å². The molecular weight excluding hydrogens is 174 g/mol. The Morgan fingerprint density at radius 2 is 2.00 bits per heavy atom. The molecule has 76 valence electrons. The molecule has 1 aliphatic heterocycles. The molecule has 1 aliphatic rings. The summed E-state index contributed by atoms with van der Waals surface area (Å²) in [5.41, 5.74) is 1.03. The Balaban J connectivity index is 2.27. The summed E-state index contributed by atoms with van der Waals surface area (Å²) in [6.07, 6.45) is 3.45. The molecule has 0 aromatic heterocycles. The standard InChI is InChI=1S/C12H17NO/c14-10-12(8-4-5-9-13-12)11-6-2-1-3-7-11/h1-3,6-7,13-14H,4-5,8-10H2/t12-/m1/s1. The first-order chi connectivity index (χ1) is 6.87. The lowest BCUT2D eigenvalue weighted by atomic mass is 9.83. The van der Waals surface area contributed by atoms with Crippen LogP contribution in [-0.4, -0.2) is 18.3 Å². The maximum atomic E-state index is 9.53. The van der Waals surface area contributed by atoms with Crippen LogP contribution < -0.4 is 5.32 Å². The summed E-state index contributed by atoms with van der Waals surface area (Å²) in [5, 5.41) is 13.0. The molecule has 1 aromatic carbocycles. The smallest absolute Gasteiger partial charge is 0.0669 e. The van der Waals surface area contributed by atoms with Crippen LogP contribution in [0.3, 0.4) is 0 Å². The zero-order chi connectivity index (χ0) is 9.86. The Morgan fingerprint density at radius 1 is 1.21 bits per heavy atom. The second kappa shape index (κ2) is 4.11. The lowest BCUT2D eigenvalue weighted by molar-refractivity contribution is 0.131. The van der Waals surface area contributed by atoms with Crippen molar-refractivity contribution >= 4 is 0 Å². The molecule has 0 saturated carbocycles. The van der Waals surface area contributed by atoms with E-state index in [-0.39, 0.29) is 12.1 Å². The van der Waals surface area contributed by atoms with Crippen LogP contribution in [0.4, 0.5) is 0 Å². The summed E-state index contributed by atoms with van der Waals surface area (Å²) >= 11 is 0. The van der Waals surface area contributed by atoms with E-state index in [0.29, 0.717) is 0 Å². The molecular formula is C12H17NO. The SMILES string of the molecule is OC[C@@]1(c2ccccc2)CCCCN1. The first-order valence-electron chi connectivity index (χ1n) is 5.29. The monoisotopic (exact) mass is 191 g/mol. The highest BCUT2D eigenvalue weighted by atomic mass is 16.3. The number of aliphatic hydroxyl groups is 1. The average molecular weight is 191 g/mol. The van der Waals surface area contributed by atoms with Gasteiger partial charge in [-0.2, -0.15) is 0 Å². The van der Waals surface area contributed by atoms with Gasteiger partial charge in [0.25, 0.3) is 0 Å². The molecule has 0 unspecified atom stereocenters. The minimum atomic E-state index is -0.181. The molecule has 0 aliphatic carbocycles. The molecule has 2 N–H and O–H groups in total. The molecule has 2 rings (SSSR count). The third-order valence-electron chi connectivity index (χ3n) is 3.09. The largest absolute Gasteiger partial charge is 0.394 e. The molecule has 14 heavy (non-hydrogen) atoms. The van der Waals surface area contributed by atoms with Gasteiger partial charge in [-0.05, 0) is 31.4 Å². The van der Waals surface area contributed by atoms with Crippen LogP contribution >= 0.6 is 0 Å². The number of rotatable bonds is 2. The summed E-state index contributed by atoms with van der Waals surface area (Å²) < 4.78 is 0. The predicted octanol–water partition coefficient (Wildman–Crippen LogP) is 1.65. The van der Waals surface area contributed by atoms with E-state index in [1.165, 1.54) is 18.4 Å². The highest BCUT2D eigenvalue weighted by Gasteiger charge is 2.32. The van der Waals surface area contributed by atoms with Gasteiger partial charge in [0.2, 0.25) is 0 Å². The number of benzene rings is 1. The van der Waals surface area contributed by atoms with E-state index >= 15 is 0 Å². The van der Waals surface area contributed by atoms with Gasteiger partial charge < -0.3 is 10.4 Å². The maximum Gasteiger partial charge on any atom is 0.0669 e. The summed E-state index contributed by atoms with van der Waals surface area (Å²) in [6, 6.07) is 10.3. The van der Waals surface area contributed by atoms with Gasteiger partial charge in [0, 0.05) is 0 Å². The fraction of sp³-hybridized carbons (Fsp3) is 0.500. The molecule has 1 atom stereocenters. The van der Waals surface area contributed by atoms with Crippen molar-refractivity contribution in [1.29, 1.82) is 0 Å². The van der Waals surface area contributed by atoms with E-state index in [4.69, 9.17) is 0 Å². The third-order valence-corrected chi connectivity index (χ3v) is 3.09. The normalized spacial score (nSPS) is 27.5. The van der Waals surface area contributed by atoms with Crippen LogP contribution in [0.2, 0.25) is 0 Å². The van der Waals surface area contributed by atoms with Crippen molar-refractivity contribution in [1.82, 2.24) is 5.32 Å². The zero-order valence-electron chi connectivity index (χ0n) is 8.37. The van der Waals surface area contributed by atoms with Gasteiger partial charge in [0.15, 0.2) is 0 Å². The number of hydrogen-bond donors (Lipinski definition) is 2. The first kappa shape index (κ1) is 9.69. The zero-order valence-corrected chi connectivity index (χ0v) is 8.37. The highest BCUT2D eigenvalue weighted by molar-refractivity contribution is 5.25. The average Bonchev–Trinajstić information content (AvgIpc) is 2.31. The van der Waals surface area contributed by atoms with Crippen LogP contribution in [-0.2, 0) is 5.54 Å². The van der Waals surface area contributed by atoms with E-state index < -0.39 is 0 Å². The van der Waals surface area contributed by atoms with E-state index in [1.54, 1.807) is 0 Å². The summed E-state index contributed by atoms with van der Waals surface area (Å²) in [6.45, 7) is 1.20. The van der Waals surface area contributed by atoms with Crippen molar-refractivity contribution in [3.05, 3.63) is 35.9 Å². The second-order valence-electron chi connectivity index (χ2n) is 3.99. The molecule has 0 radical (unpaired) electrons. The molecule has 0 amide bonds. The Labute approximate surface area is 85.0 Å². The van der Waals surface area contributed by atoms with Crippen molar-refractivity contribution in [2.75, 3.05) is 13.2 Å². The predicted molar refractivity (Wildman–Crippen MR) is 57.1 cm³/mol. The van der Waals surface area contributed by atoms with Gasteiger partial charge in [0.1, 0.15) is 0 Å². The number of aliphatic hydroxyl groups excluding tert-OH is 1. The van der Waals surface area contributed by atoms with Gasteiger partial charge in [-0.3, -0.25) is 0 Å². The van der Waals surface area contributed by atoms with Crippen LogP contribution in [0, 0.1) is 0 Å². The van der Waals surface area contributed by atoms with Gasteiger partial charge in [0.05, 0.1) is 12.1 Å². The van der Waals surface area contributed by atoms with Crippen molar-refractivity contribution in [2.24, 2.45) is 0 Å². The molecule has 2 nitrogen and oxygen atoms in total. The Morgan fingerprint density at radius 3 is 2.57 bits per heavy atom. The highest BCUT2D eigenvalue weighted by Crippen LogP contribution is 2.29. The molecule has 0 bridgehead atoms. The Hall–Kier alpha value is -0.860. The Kier molecular flexibility index (Phi) is 2.85. The molecule has 1 saturated heterocycles.